The molecule has 2 aliphatic heterocycles. The average Bonchev–Trinajstić information content (AvgIpc) is 3.35. The number of nitrogen functional groups attached to an aromatic ring is 1. The zero-order valence-electron chi connectivity index (χ0n) is 38.8. The molecule has 0 saturated carbocycles. The fourth-order valence-corrected chi connectivity index (χ4v) is 8.22. The summed E-state index contributed by atoms with van der Waals surface area (Å²) >= 11 is 0. The first kappa shape index (κ1) is 51.1. The smallest absolute Gasteiger partial charge is 0.327 e. The van der Waals surface area contributed by atoms with Crippen LogP contribution in [0, 0.1) is 0 Å². The van der Waals surface area contributed by atoms with Gasteiger partial charge in [0.1, 0.15) is 17.9 Å². The van der Waals surface area contributed by atoms with E-state index in [2.05, 4.69) is 31.9 Å². The summed E-state index contributed by atoms with van der Waals surface area (Å²) in [5.74, 6) is -0.175. The molecule has 5 aromatic rings. The lowest BCUT2D eigenvalue weighted by atomic mass is 10.0. The number of rotatable bonds is 19. The lowest BCUT2D eigenvalue weighted by Gasteiger charge is -2.36. The monoisotopic (exact) mass is 901 g/mol. The normalized spacial score (nSPS) is 15.6. The number of carbonyl (C=O) groups is 4. The highest BCUT2D eigenvalue weighted by molar-refractivity contribution is 5.83. The molecule has 7 rings (SSSR count). The highest BCUT2D eigenvalue weighted by Gasteiger charge is 2.33. The highest BCUT2D eigenvalue weighted by atomic mass is 16.5. The number of ketones is 1. The fourth-order valence-electron chi connectivity index (χ4n) is 8.22. The van der Waals surface area contributed by atoms with Crippen molar-refractivity contribution in [3.05, 3.63) is 138 Å². The Morgan fingerprint density at radius 3 is 1.67 bits per heavy atom. The van der Waals surface area contributed by atoms with Gasteiger partial charge in [-0.25, -0.2) is 19.6 Å². The van der Waals surface area contributed by atoms with Crippen LogP contribution in [0.15, 0.2) is 115 Å². The Morgan fingerprint density at radius 1 is 0.667 bits per heavy atom. The minimum Gasteiger partial charge on any atom is -0.468 e. The van der Waals surface area contributed by atoms with E-state index in [1.807, 2.05) is 72.8 Å². The van der Waals surface area contributed by atoms with Crippen molar-refractivity contribution < 1.29 is 38.1 Å². The van der Waals surface area contributed by atoms with Crippen LogP contribution in [0.2, 0.25) is 0 Å². The SMILES string of the molecule is COC(=O)C(c1ccccc1)N1CCC(OCCCCC(C)=O)CC1.COC(=O)C(c1ccccc1)N1CCC(OCCCCc2ccc3cccnc3n2)CC1.Nc1ccccc1C=O. The van der Waals surface area contributed by atoms with Gasteiger partial charge in [-0.15, -0.1) is 0 Å². The minimum atomic E-state index is -0.345. The van der Waals surface area contributed by atoms with E-state index in [0.29, 0.717) is 24.3 Å². The van der Waals surface area contributed by atoms with E-state index in [-0.39, 0.29) is 42.0 Å². The molecule has 2 saturated heterocycles. The number of hydrogen-bond acceptors (Lipinski definition) is 13. The van der Waals surface area contributed by atoms with Crippen molar-refractivity contribution in [3.8, 4) is 0 Å². The molecular weight excluding hydrogens is 835 g/mol. The Balaban J connectivity index is 0.000000213. The number of benzene rings is 3. The maximum absolute atomic E-state index is 12.4. The molecule has 2 aliphatic rings. The highest BCUT2D eigenvalue weighted by Crippen LogP contribution is 2.28. The van der Waals surface area contributed by atoms with Gasteiger partial charge < -0.3 is 29.5 Å². The molecule has 2 aromatic heterocycles. The van der Waals surface area contributed by atoms with Crippen molar-refractivity contribution in [1.29, 1.82) is 0 Å². The molecular formula is C53H67N5O8. The van der Waals surface area contributed by atoms with Crippen LogP contribution in [-0.2, 0) is 39.8 Å². The number of nitrogens with zero attached hydrogens (tertiary/aromatic N) is 4. The fraction of sp³-hybridized carbons (Fsp3) is 0.434. The summed E-state index contributed by atoms with van der Waals surface area (Å²) in [5, 5.41) is 1.08. The van der Waals surface area contributed by atoms with Gasteiger partial charge in [0.05, 0.1) is 26.4 Å². The van der Waals surface area contributed by atoms with E-state index in [9.17, 15) is 19.2 Å². The quantitative estimate of drug-likeness (QED) is 0.0363. The summed E-state index contributed by atoms with van der Waals surface area (Å²) in [5.41, 5.74) is 10.3. The largest absolute Gasteiger partial charge is 0.468 e. The molecule has 2 atom stereocenters. The number of aryl methyl sites for hydroxylation is 1. The number of hydrogen-bond donors (Lipinski definition) is 1. The second-order valence-corrected chi connectivity index (χ2v) is 16.6. The van der Waals surface area contributed by atoms with Crippen LogP contribution in [0.1, 0.15) is 104 Å². The van der Waals surface area contributed by atoms with Gasteiger partial charge in [-0.3, -0.25) is 14.6 Å². The molecule has 2 N–H and O–H groups in total. The molecule has 0 radical (unpaired) electrons. The topological polar surface area (TPSA) is 163 Å². The Bertz CT molecular complexity index is 2210. The van der Waals surface area contributed by atoms with Gasteiger partial charge in [0.15, 0.2) is 11.9 Å². The molecule has 0 bridgehead atoms. The number of aldehydes is 1. The van der Waals surface area contributed by atoms with Crippen LogP contribution in [-0.4, -0.2) is 110 Å². The predicted molar refractivity (Wildman–Crippen MR) is 257 cm³/mol. The number of pyridine rings is 2. The van der Waals surface area contributed by atoms with Gasteiger partial charge in [0.2, 0.25) is 0 Å². The zero-order chi connectivity index (χ0) is 46.9. The van der Waals surface area contributed by atoms with E-state index in [4.69, 9.17) is 24.7 Å². The van der Waals surface area contributed by atoms with Crippen molar-refractivity contribution in [3.63, 3.8) is 0 Å². The van der Waals surface area contributed by atoms with Gasteiger partial charge in [-0.1, -0.05) is 72.8 Å². The van der Waals surface area contributed by atoms with Gasteiger partial charge in [0, 0.05) is 74.3 Å². The number of para-hydroxylation sites is 1. The van der Waals surface area contributed by atoms with Crippen LogP contribution in [0.3, 0.4) is 0 Å². The standard InChI is InChI=1S/C26H31N3O3.C20H29NO4.C7H7NO/c1-31-26(30)24(20-8-3-2-4-9-20)29-17-14-23(15-18-29)32-19-6-5-11-22-13-12-21-10-7-16-27-25(21)28-22;1-16(22)8-6-7-15-25-18-11-13-21(14-12-18)19(20(23)24-2)17-9-4-3-5-10-17;8-7-4-2-1-3-6(7)5-9/h2-4,7-10,12-13,16,23-24H,5-6,11,14-15,17-19H2,1H3;3-5,9-10,18-19H,6-8,11-15H2,1-2H3;1-5H,8H2. The Hall–Kier alpha value is -5.86. The van der Waals surface area contributed by atoms with Gasteiger partial charge >= 0.3 is 11.9 Å². The zero-order valence-corrected chi connectivity index (χ0v) is 38.8. The van der Waals surface area contributed by atoms with Crippen LogP contribution in [0.5, 0.6) is 0 Å². The lowest BCUT2D eigenvalue weighted by Crippen LogP contribution is -2.42. The summed E-state index contributed by atoms with van der Waals surface area (Å²) in [6.45, 7) is 6.37. The second-order valence-electron chi connectivity index (χ2n) is 16.6. The number of likely N-dealkylation sites (tertiary alicyclic amines) is 2. The van der Waals surface area contributed by atoms with Crippen molar-refractivity contribution >= 4 is 40.7 Å². The molecule has 2 unspecified atom stereocenters. The summed E-state index contributed by atoms with van der Waals surface area (Å²) < 4.78 is 22.2. The van der Waals surface area contributed by atoms with Crippen LogP contribution >= 0.6 is 0 Å². The second kappa shape index (κ2) is 28.2. The number of anilines is 1. The van der Waals surface area contributed by atoms with Crippen molar-refractivity contribution in [2.75, 3.05) is 59.3 Å². The number of piperidine rings is 2. The maximum Gasteiger partial charge on any atom is 0.327 e. The molecule has 2 fully saturated rings. The molecule has 0 spiro atoms. The van der Waals surface area contributed by atoms with E-state index in [1.54, 1.807) is 37.4 Å². The average molecular weight is 902 g/mol. The van der Waals surface area contributed by atoms with Crippen molar-refractivity contribution in [1.82, 2.24) is 19.8 Å². The van der Waals surface area contributed by atoms with Crippen LogP contribution < -0.4 is 5.73 Å². The van der Waals surface area contributed by atoms with Gasteiger partial charge in [-0.2, -0.15) is 0 Å². The molecule has 0 amide bonds. The molecule has 66 heavy (non-hydrogen) atoms. The number of nitrogens with two attached hydrogens (primary N) is 1. The Morgan fingerprint density at radius 2 is 1.18 bits per heavy atom. The number of Topliss-reactive ketones (excluding diaryl/α,β-unsaturated/α-hetero) is 1. The summed E-state index contributed by atoms with van der Waals surface area (Å²) in [4.78, 5) is 59.1. The minimum absolute atomic E-state index is 0.201. The van der Waals surface area contributed by atoms with Crippen molar-refractivity contribution in [2.45, 2.75) is 95.4 Å². The van der Waals surface area contributed by atoms with E-state index in [1.165, 1.54) is 14.2 Å². The predicted octanol–water partition coefficient (Wildman–Crippen LogP) is 8.57. The molecule has 4 heterocycles. The number of methoxy groups -OCH3 is 2. The lowest BCUT2D eigenvalue weighted by molar-refractivity contribution is -0.149. The molecule has 13 nitrogen and oxygen atoms in total. The molecule has 352 valence electrons. The van der Waals surface area contributed by atoms with Gasteiger partial charge in [-0.05, 0) is 112 Å². The number of fused-ring (bicyclic) bond motifs is 1. The first-order valence-electron chi connectivity index (χ1n) is 23.2. The number of esters is 2. The third-order valence-corrected chi connectivity index (χ3v) is 11.9. The number of carbonyl (C=O) groups excluding carboxylic acids is 4. The summed E-state index contributed by atoms with van der Waals surface area (Å²) in [7, 11) is 2.90. The first-order valence-corrected chi connectivity index (χ1v) is 23.2. The summed E-state index contributed by atoms with van der Waals surface area (Å²) in [6, 6.07) is 34.1. The molecule has 13 heteroatoms. The Labute approximate surface area is 390 Å². The van der Waals surface area contributed by atoms with Gasteiger partial charge in [0.25, 0.3) is 0 Å². The maximum atomic E-state index is 12.4. The van der Waals surface area contributed by atoms with E-state index in [0.717, 1.165) is 125 Å². The number of unbranched alkanes of at least 4 members (excludes halogenated alkanes) is 2. The molecule has 3 aromatic carbocycles. The Kier molecular flexibility index (Phi) is 21.9. The number of aromatic nitrogens is 2. The first-order chi connectivity index (χ1) is 32.2. The molecule has 0 aliphatic carbocycles. The van der Waals surface area contributed by atoms with E-state index >= 15 is 0 Å². The summed E-state index contributed by atoms with van der Waals surface area (Å²) in [6.07, 6.45) is 12.1. The van der Waals surface area contributed by atoms with Crippen LogP contribution in [0.4, 0.5) is 5.69 Å². The third kappa shape index (κ3) is 16.5. The van der Waals surface area contributed by atoms with E-state index < -0.39 is 0 Å². The van der Waals surface area contributed by atoms with Crippen molar-refractivity contribution in [2.24, 2.45) is 0 Å². The third-order valence-electron chi connectivity index (χ3n) is 11.9. The van der Waals surface area contributed by atoms with Crippen LogP contribution in [0.25, 0.3) is 11.0 Å². The number of ether oxygens (including phenoxy) is 4.